The van der Waals surface area contributed by atoms with Crippen LogP contribution < -0.4 is 10.6 Å². The summed E-state index contributed by atoms with van der Waals surface area (Å²) in [5, 5.41) is 4.90. The zero-order valence-corrected chi connectivity index (χ0v) is 10.3. The first-order valence-electron chi connectivity index (χ1n) is 5.79. The van der Waals surface area contributed by atoms with Crippen LogP contribution in [0.4, 0.5) is 24.5 Å². The third kappa shape index (κ3) is 3.74. The number of carbonyl (C=O) groups is 1. The highest BCUT2D eigenvalue weighted by molar-refractivity contribution is 5.93. The quantitative estimate of drug-likeness (QED) is 0.903. The number of anilines is 2. The normalized spacial score (nSPS) is 10.2. The van der Waals surface area contributed by atoms with Crippen molar-refractivity contribution in [3.8, 4) is 0 Å². The van der Waals surface area contributed by atoms with Crippen molar-refractivity contribution < 1.29 is 18.0 Å². The van der Waals surface area contributed by atoms with E-state index >= 15 is 0 Å². The van der Waals surface area contributed by atoms with Crippen LogP contribution in [0.15, 0.2) is 42.5 Å². The molecule has 3 nitrogen and oxygen atoms in total. The molecule has 0 aliphatic carbocycles. The van der Waals surface area contributed by atoms with E-state index in [0.717, 1.165) is 24.3 Å². The van der Waals surface area contributed by atoms with Gasteiger partial charge in [0.25, 0.3) is 0 Å². The number of hydrogen-bond donors (Lipinski definition) is 2. The standard InChI is InChI=1S/C14H11F3N2O/c15-9-2-1-3-11(6-9)19-14(20)8-18-13-7-10(16)4-5-12(13)17/h1-7,18H,8H2,(H,19,20). The van der Waals surface area contributed by atoms with Gasteiger partial charge in [0.15, 0.2) is 0 Å². The summed E-state index contributed by atoms with van der Waals surface area (Å²) < 4.78 is 39.1. The number of benzene rings is 2. The Morgan fingerprint density at radius 2 is 1.75 bits per heavy atom. The molecule has 0 saturated heterocycles. The van der Waals surface area contributed by atoms with Crippen molar-refractivity contribution >= 4 is 17.3 Å². The molecule has 0 heterocycles. The third-order valence-electron chi connectivity index (χ3n) is 2.48. The van der Waals surface area contributed by atoms with Crippen molar-refractivity contribution in [3.63, 3.8) is 0 Å². The monoisotopic (exact) mass is 280 g/mol. The zero-order valence-electron chi connectivity index (χ0n) is 10.3. The summed E-state index contributed by atoms with van der Waals surface area (Å²) in [6.07, 6.45) is 0. The molecule has 0 aliphatic heterocycles. The fraction of sp³-hybridized carbons (Fsp3) is 0.0714. The lowest BCUT2D eigenvalue weighted by molar-refractivity contribution is -0.114. The number of nitrogens with one attached hydrogen (secondary N) is 2. The molecule has 0 radical (unpaired) electrons. The van der Waals surface area contributed by atoms with E-state index in [-0.39, 0.29) is 17.9 Å². The van der Waals surface area contributed by atoms with Crippen molar-refractivity contribution in [2.24, 2.45) is 0 Å². The van der Waals surface area contributed by atoms with Crippen LogP contribution in [0.25, 0.3) is 0 Å². The number of hydrogen-bond acceptors (Lipinski definition) is 2. The van der Waals surface area contributed by atoms with Gasteiger partial charge in [-0.2, -0.15) is 0 Å². The molecule has 6 heteroatoms. The largest absolute Gasteiger partial charge is 0.374 e. The Labute approximate surface area is 113 Å². The maximum Gasteiger partial charge on any atom is 0.243 e. The first-order valence-corrected chi connectivity index (χ1v) is 5.79. The summed E-state index contributed by atoms with van der Waals surface area (Å²) in [5.74, 6) is -2.25. The maximum absolute atomic E-state index is 13.3. The van der Waals surface area contributed by atoms with Crippen LogP contribution in [0, 0.1) is 17.5 Å². The lowest BCUT2D eigenvalue weighted by atomic mass is 10.3. The molecule has 104 valence electrons. The first-order chi connectivity index (χ1) is 9.54. The van der Waals surface area contributed by atoms with Crippen molar-refractivity contribution in [2.75, 3.05) is 17.2 Å². The zero-order chi connectivity index (χ0) is 14.5. The molecule has 0 aliphatic rings. The Morgan fingerprint density at radius 1 is 1.00 bits per heavy atom. The van der Waals surface area contributed by atoms with Gasteiger partial charge in [-0.05, 0) is 36.4 Å². The van der Waals surface area contributed by atoms with Gasteiger partial charge in [-0.3, -0.25) is 4.79 Å². The van der Waals surface area contributed by atoms with Crippen LogP contribution in [-0.4, -0.2) is 12.5 Å². The highest BCUT2D eigenvalue weighted by Crippen LogP contribution is 2.15. The summed E-state index contributed by atoms with van der Waals surface area (Å²) in [4.78, 5) is 11.6. The average Bonchev–Trinajstić information content (AvgIpc) is 2.40. The van der Waals surface area contributed by atoms with Crippen LogP contribution in [-0.2, 0) is 4.79 Å². The molecule has 0 unspecified atom stereocenters. The number of rotatable bonds is 4. The Hall–Kier alpha value is -2.50. The van der Waals surface area contributed by atoms with E-state index in [1.165, 1.54) is 18.2 Å². The highest BCUT2D eigenvalue weighted by atomic mass is 19.1. The van der Waals surface area contributed by atoms with E-state index in [1.807, 2.05) is 0 Å². The predicted octanol–water partition coefficient (Wildman–Crippen LogP) is 3.15. The number of halogens is 3. The summed E-state index contributed by atoms with van der Waals surface area (Å²) in [5.41, 5.74) is 0.177. The molecular formula is C14H11F3N2O. The predicted molar refractivity (Wildman–Crippen MR) is 69.9 cm³/mol. The van der Waals surface area contributed by atoms with Crippen molar-refractivity contribution in [1.82, 2.24) is 0 Å². The van der Waals surface area contributed by atoms with E-state index < -0.39 is 23.4 Å². The third-order valence-corrected chi connectivity index (χ3v) is 2.48. The highest BCUT2D eigenvalue weighted by Gasteiger charge is 2.07. The van der Waals surface area contributed by atoms with E-state index in [0.29, 0.717) is 0 Å². The molecule has 2 aromatic rings. The van der Waals surface area contributed by atoms with Gasteiger partial charge in [0, 0.05) is 5.69 Å². The molecule has 0 fully saturated rings. The second-order valence-electron chi connectivity index (χ2n) is 4.04. The fourth-order valence-corrected chi connectivity index (χ4v) is 1.58. The number of carbonyl (C=O) groups excluding carboxylic acids is 1. The average molecular weight is 280 g/mol. The van der Waals surface area contributed by atoms with Crippen LogP contribution in [0.3, 0.4) is 0 Å². The Morgan fingerprint density at radius 3 is 2.50 bits per heavy atom. The number of amides is 1. The van der Waals surface area contributed by atoms with Gasteiger partial charge < -0.3 is 10.6 Å². The topological polar surface area (TPSA) is 41.1 Å². The molecular weight excluding hydrogens is 269 g/mol. The first kappa shape index (κ1) is 13.9. The molecule has 0 bridgehead atoms. The van der Waals surface area contributed by atoms with E-state index in [9.17, 15) is 18.0 Å². The van der Waals surface area contributed by atoms with Gasteiger partial charge in [-0.15, -0.1) is 0 Å². The molecule has 0 atom stereocenters. The maximum atomic E-state index is 13.3. The summed E-state index contributed by atoms with van der Waals surface area (Å²) in [6.45, 7) is -0.267. The minimum absolute atomic E-state index is 0.112. The van der Waals surface area contributed by atoms with Crippen LogP contribution >= 0.6 is 0 Å². The smallest absolute Gasteiger partial charge is 0.243 e. The molecule has 0 saturated carbocycles. The summed E-state index contributed by atoms with van der Waals surface area (Å²) in [6, 6.07) is 8.26. The van der Waals surface area contributed by atoms with Crippen LogP contribution in [0.2, 0.25) is 0 Å². The van der Waals surface area contributed by atoms with Gasteiger partial charge in [0.1, 0.15) is 17.5 Å². The molecule has 2 N–H and O–H groups in total. The molecule has 2 rings (SSSR count). The molecule has 20 heavy (non-hydrogen) atoms. The molecule has 2 aromatic carbocycles. The van der Waals surface area contributed by atoms with Gasteiger partial charge in [-0.1, -0.05) is 6.07 Å². The summed E-state index contributed by atoms with van der Waals surface area (Å²) >= 11 is 0. The van der Waals surface area contributed by atoms with Crippen LogP contribution in [0.5, 0.6) is 0 Å². The lowest BCUT2D eigenvalue weighted by Crippen LogP contribution is -2.22. The van der Waals surface area contributed by atoms with E-state index in [1.54, 1.807) is 0 Å². The second-order valence-corrected chi connectivity index (χ2v) is 4.04. The minimum Gasteiger partial charge on any atom is -0.374 e. The van der Waals surface area contributed by atoms with Gasteiger partial charge >= 0.3 is 0 Å². The fourth-order valence-electron chi connectivity index (χ4n) is 1.58. The van der Waals surface area contributed by atoms with Crippen molar-refractivity contribution in [3.05, 3.63) is 59.9 Å². The van der Waals surface area contributed by atoms with Crippen LogP contribution in [0.1, 0.15) is 0 Å². The second kappa shape index (κ2) is 6.10. The molecule has 0 spiro atoms. The van der Waals surface area contributed by atoms with Crippen molar-refractivity contribution in [1.29, 1.82) is 0 Å². The van der Waals surface area contributed by atoms with Gasteiger partial charge in [-0.25, -0.2) is 13.2 Å². The van der Waals surface area contributed by atoms with E-state index in [2.05, 4.69) is 10.6 Å². The Kier molecular flexibility index (Phi) is 4.24. The Bertz CT molecular complexity index is 632. The summed E-state index contributed by atoms with van der Waals surface area (Å²) in [7, 11) is 0. The minimum atomic E-state index is -0.662. The van der Waals surface area contributed by atoms with Gasteiger partial charge in [0.05, 0.1) is 12.2 Å². The van der Waals surface area contributed by atoms with Gasteiger partial charge in [0.2, 0.25) is 5.91 Å². The molecule has 0 aromatic heterocycles. The SMILES string of the molecule is O=C(CNc1cc(F)ccc1F)Nc1cccc(F)c1. The molecule has 1 amide bonds. The van der Waals surface area contributed by atoms with Crippen molar-refractivity contribution in [2.45, 2.75) is 0 Å². The Balaban J connectivity index is 1.94. The lowest BCUT2D eigenvalue weighted by Gasteiger charge is -2.08. The van der Waals surface area contributed by atoms with E-state index in [4.69, 9.17) is 0 Å².